The molecule has 2 aliphatic rings. The van der Waals surface area contributed by atoms with Crippen LogP contribution in [0.25, 0.3) is 0 Å². The Hall–Kier alpha value is -2.73. The summed E-state index contributed by atoms with van der Waals surface area (Å²) in [6, 6.07) is 7.39. The highest BCUT2D eigenvalue weighted by Gasteiger charge is 2.36. The van der Waals surface area contributed by atoms with Crippen LogP contribution < -0.4 is 23.7 Å². The van der Waals surface area contributed by atoms with Gasteiger partial charge in [-0.1, -0.05) is 13.8 Å². The van der Waals surface area contributed by atoms with Crippen molar-refractivity contribution >= 4 is 9.84 Å². The molecule has 4 rings (SSSR count). The Kier molecular flexibility index (Phi) is 11.2. The number of hydrogen-bond donors (Lipinski definition) is 0. The molecule has 2 aliphatic heterocycles. The molecule has 0 N–H and O–H groups in total. The molecule has 234 valence electrons. The maximum atomic E-state index is 14.2. The van der Waals surface area contributed by atoms with Gasteiger partial charge >= 0.3 is 0 Å². The minimum Gasteiger partial charge on any atom is -0.493 e. The highest BCUT2D eigenvalue weighted by atomic mass is 32.2. The zero-order valence-electron chi connectivity index (χ0n) is 25.6. The van der Waals surface area contributed by atoms with Gasteiger partial charge in [-0.3, -0.25) is 4.90 Å². The van der Waals surface area contributed by atoms with E-state index >= 15 is 0 Å². The molecule has 42 heavy (non-hydrogen) atoms. The zero-order valence-corrected chi connectivity index (χ0v) is 26.5. The maximum absolute atomic E-state index is 14.2. The van der Waals surface area contributed by atoms with E-state index in [1.807, 2.05) is 36.9 Å². The third-order valence-corrected chi connectivity index (χ3v) is 9.83. The van der Waals surface area contributed by atoms with Crippen LogP contribution in [0.3, 0.4) is 0 Å². The molecule has 3 atom stereocenters. The van der Waals surface area contributed by atoms with Crippen molar-refractivity contribution in [1.82, 2.24) is 4.90 Å². The van der Waals surface area contributed by atoms with Gasteiger partial charge < -0.3 is 33.2 Å². The summed E-state index contributed by atoms with van der Waals surface area (Å²) in [5.41, 5.74) is 1.64. The van der Waals surface area contributed by atoms with Gasteiger partial charge in [0.1, 0.15) is 10.3 Å². The van der Waals surface area contributed by atoms with Crippen molar-refractivity contribution in [1.29, 1.82) is 0 Å². The molecule has 0 aliphatic carbocycles. The first-order valence-corrected chi connectivity index (χ1v) is 16.3. The van der Waals surface area contributed by atoms with Gasteiger partial charge in [0.05, 0.1) is 60.0 Å². The molecule has 10 nitrogen and oxygen atoms in total. The standard InChI is InChI=1S/C31H45NO9S/c1-7-13-39-28-19-23(25-10-9-24(41-25)22-17-26(35-4)30(37-6)27(18-22)36-5)20-29(31(28)40-14-8-2)42(33,34)21(3)32-11-15-38-16-12-32/h17-21,24-25H,7-16H2,1-6H3. The Labute approximate surface area is 250 Å². The van der Waals surface area contributed by atoms with Crippen LogP contribution in [-0.2, 0) is 19.3 Å². The molecule has 0 amide bonds. The fraction of sp³-hybridized carbons (Fsp3) is 0.613. The molecular weight excluding hydrogens is 562 g/mol. The van der Waals surface area contributed by atoms with Crippen molar-refractivity contribution in [2.75, 3.05) is 60.8 Å². The lowest BCUT2D eigenvalue weighted by Gasteiger charge is -2.32. The maximum Gasteiger partial charge on any atom is 0.203 e. The van der Waals surface area contributed by atoms with Gasteiger partial charge in [-0.25, -0.2) is 8.42 Å². The monoisotopic (exact) mass is 607 g/mol. The molecular formula is C31H45NO9S. The average molecular weight is 608 g/mol. The second kappa shape index (κ2) is 14.6. The van der Waals surface area contributed by atoms with Gasteiger partial charge in [-0.05, 0) is 68.0 Å². The third-order valence-electron chi connectivity index (χ3n) is 7.72. The molecule has 2 saturated heterocycles. The van der Waals surface area contributed by atoms with Crippen molar-refractivity contribution in [3.63, 3.8) is 0 Å². The summed E-state index contributed by atoms with van der Waals surface area (Å²) in [7, 11) is 0.907. The van der Waals surface area contributed by atoms with E-state index < -0.39 is 15.2 Å². The van der Waals surface area contributed by atoms with E-state index in [1.165, 1.54) is 0 Å². The van der Waals surface area contributed by atoms with Crippen LogP contribution in [0.2, 0.25) is 0 Å². The van der Waals surface area contributed by atoms with Crippen molar-refractivity contribution in [3.05, 3.63) is 35.4 Å². The quantitative estimate of drug-likeness (QED) is 0.280. The number of hydrogen-bond acceptors (Lipinski definition) is 10. The van der Waals surface area contributed by atoms with Crippen LogP contribution in [0.5, 0.6) is 28.7 Å². The fourth-order valence-electron chi connectivity index (χ4n) is 5.40. The Bertz CT molecular complexity index is 1270. The van der Waals surface area contributed by atoms with Crippen molar-refractivity contribution < 1.29 is 41.6 Å². The molecule has 0 radical (unpaired) electrons. The predicted octanol–water partition coefficient (Wildman–Crippen LogP) is 5.33. The lowest BCUT2D eigenvalue weighted by atomic mass is 10.0. The van der Waals surface area contributed by atoms with Gasteiger partial charge in [0.2, 0.25) is 5.75 Å². The second-order valence-electron chi connectivity index (χ2n) is 10.5. The minimum absolute atomic E-state index is 0.137. The normalized spacial score (nSPS) is 20.2. The largest absolute Gasteiger partial charge is 0.493 e. The highest BCUT2D eigenvalue weighted by Crippen LogP contribution is 2.48. The smallest absolute Gasteiger partial charge is 0.203 e. The summed E-state index contributed by atoms with van der Waals surface area (Å²) >= 11 is 0. The molecule has 2 heterocycles. The first kappa shape index (κ1) is 32.2. The van der Waals surface area contributed by atoms with E-state index in [9.17, 15) is 8.42 Å². The molecule has 2 aromatic rings. The number of morpholine rings is 1. The van der Waals surface area contributed by atoms with E-state index in [4.69, 9.17) is 33.2 Å². The van der Waals surface area contributed by atoms with Crippen molar-refractivity contribution in [2.45, 2.75) is 68.9 Å². The summed E-state index contributed by atoms with van der Waals surface area (Å²) in [5.74, 6) is 2.32. The first-order valence-electron chi connectivity index (χ1n) is 14.7. The van der Waals surface area contributed by atoms with Crippen LogP contribution in [-0.4, -0.2) is 79.5 Å². The van der Waals surface area contributed by atoms with E-state index in [2.05, 4.69) is 0 Å². The summed E-state index contributed by atoms with van der Waals surface area (Å²) in [6.45, 7) is 8.64. The van der Waals surface area contributed by atoms with Gasteiger partial charge in [0.15, 0.2) is 32.8 Å². The first-order chi connectivity index (χ1) is 20.3. The highest BCUT2D eigenvalue weighted by molar-refractivity contribution is 7.92. The number of benzene rings is 2. The lowest BCUT2D eigenvalue weighted by Crippen LogP contribution is -2.45. The van der Waals surface area contributed by atoms with Crippen LogP contribution in [0.4, 0.5) is 0 Å². The Balaban J connectivity index is 1.73. The van der Waals surface area contributed by atoms with Gasteiger partial charge in [0, 0.05) is 13.1 Å². The number of nitrogens with zero attached hydrogens (tertiary/aromatic N) is 1. The molecule has 0 spiro atoms. The number of sulfone groups is 1. The molecule has 2 aromatic carbocycles. The van der Waals surface area contributed by atoms with Gasteiger partial charge in [-0.2, -0.15) is 0 Å². The summed E-state index contributed by atoms with van der Waals surface area (Å²) < 4.78 is 69.2. The topological polar surface area (TPSA) is 102 Å². The number of rotatable bonds is 14. The van der Waals surface area contributed by atoms with Gasteiger partial charge in [0.25, 0.3) is 0 Å². The fourth-order valence-corrected chi connectivity index (χ4v) is 7.08. The molecule has 11 heteroatoms. The van der Waals surface area contributed by atoms with Crippen LogP contribution in [0.15, 0.2) is 29.2 Å². The minimum atomic E-state index is -3.83. The van der Waals surface area contributed by atoms with E-state index in [0.29, 0.717) is 68.9 Å². The van der Waals surface area contributed by atoms with Crippen LogP contribution in [0, 0.1) is 0 Å². The Morgan fingerprint density at radius 2 is 1.36 bits per heavy atom. The second-order valence-corrected chi connectivity index (χ2v) is 12.7. The van der Waals surface area contributed by atoms with E-state index in [0.717, 1.165) is 30.4 Å². The molecule has 2 fully saturated rings. The molecule has 0 saturated carbocycles. The van der Waals surface area contributed by atoms with E-state index in [-0.39, 0.29) is 22.9 Å². The number of ether oxygens (including phenoxy) is 7. The molecule has 0 bridgehead atoms. The van der Waals surface area contributed by atoms with Crippen LogP contribution >= 0.6 is 0 Å². The van der Waals surface area contributed by atoms with Gasteiger partial charge in [-0.15, -0.1) is 0 Å². The predicted molar refractivity (Wildman–Crippen MR) is 159 cm³/mol. The number of methoxy groups -OCH3 is 3. The SMILES string of the molecule is CCCOc1cc(C2CCC(c3cc(OC)c(OC)c(OC)c3)O2)cc(S(=O)(=O)C(C)N2CCOCC2)c1OCCC. The zero-order chi connectivity index (χ0) is 30.3. The molecule has 3 unspecified atom stereocenters. The Morgan fingerprint density at radius 3 is 1.90 bits per heavy atom. The van der Waals surface area contributed by atoms with E-state index in [1.54, 1.807) is 34.3 Å². The lowest BCUT2D eigenvalue weighted by molar-refractivity contribution is 0.0336. The summed E-state index contributed by atoms with van der Waals surface area (Å²) in [5, 5.41) is -0.754. The Morgan fingerprint density at radius 1 is 0.810 bits per heavy atom. The molecule has 0 aromatic heterocycles. The van der Waals surface area contributed by atoms with Crippen LogP contribution in [0.1, 0.15) is 69.8 Å². The summed E-state index contributed by atoms with van der Waals surface area (Å²) in [4.78, 5) is 2.08. The average Bonchev–Trinajstić information content (AvgIpc) is 3.52. The summed E-state index contributed by atoms with van der Waals surface area (Å²) in [6.07, 6.45) is 2.34. The van der Waals surface area contributed by atoms with Crippen molar-refractivity contribution in [3.8, 4) is 28.7 Å². The third kappa shape index (κ3) is 6.90. The van der Waals surface area contributed by atoms with Crippen molar-refractivity contribution in [2.24, 2.45) is 0 Å².